The van der Waals surface area contributed by atoms with E-state index in [4.69, 9.17) is 11.6 Å². The number of fused-ring (bicyclic) bond motifs is 3. The Morgan fingerprint density at radius 2 is 1.93 bits per heavy atom. The number of rotatable bonds is 0. The molecule has 0 nitrogen and oxygen atoms in total. The molecule has 0 spiro atoms. The minimum atomic E-state index is 0.851. The SMILES string of the molecule is Clc1cccc2c1sc1cc(I)ccc12. The second kappa shape index (κ2) is 3.61. The van der Waals surface area contributed by atoms with Crippen LogP contribution in [0, 0.1) is 3.57 Å². The first-order valence-corrected chi connectivity index (χ1v) is 6.79. The van der Waals surface area contributed by atoms with E-state index in [0.717, 1.165) is 5.02 Å². The fraction of sp³-hybridized carbons (Fsp3) is 0. The molecule has 0 aliphatic carbocycles. The molecule has 0 saturated heterocycles. The molecule has 3 heteroatoms. The lowest BCUT2D eigenvalue weighted by atomic mass is 10.1. The van der Waals surface area contributed by atoms with Crippen molar-refractivity contribution in [2.24, 2.45) is 0 Å². The van der Waals surface area contributed by atoms with Crippen LogP contribution in [-0.4, -0.2) is 0 Å². The molecule has 0 atom stereocenters. The number of hydrogen-bond donors (Lipinski definition) is 0. The summed E-state index contributed by atoms with van der Waals surface area (Å²) in [7, 11) is 0. The Morgan fingerprint density at radius 1 is 1.07 bits per heavy atom. The van der Waals surface area contributed by atoms with Gasteiger partial charge in [0.2, 0.25) is 0 Å². The number of benzene rings is 2. The first-order chi connectivity index (χ1) is 7.25. The van der Waals surface area contributed by atoms with Crippen molar-refractivity contribution < 1.29 is 0 Å². The molecule has 0 radical (unpaired) electrons. The zero-order chi connectivity index (χ0) is 10.4. The van der Waals surface area contributed by atoms with Gasteiger partial charge >= 0.3 is 0 Å². The Morgan fingerprint density at radius 3 is 2.80 bits per heavy atom. The Hall–Kier alpha value is -0.320. The molecule has 0 aliphatic heterocycles. The van der Waals surface area contributed by atoms with Crippen molar-refractivity contribution in [3.63, 3.8) is 0 Å². The molecule has 0 bridgehead atoms. The van der Waals surface area contributed by atoms with E-state index >= 15 is 0 Å². The maximum absolute atomic E-state index is 6.18. The maximum atomic E-state index is 6.18. The molecule has 2 aromatic carbocycles. The van der Waals surface area contributed by atoms with Gasteiger partial charge in [-0.2, -0.15) is 0 Å². The van der Waals surface area contributed by atoms with Gasteiger partial charge in [-0.1, -0.05) is 29.8 Å². The zero-order valence-electron chi connectivity index (χ0n) is 7.63. The van der Waals surface area contributed by atoms with E-state index in [1.165, 1.54) is 23.7 Å². The van der Waals surface area contributed by atoms with Gasteiger partial charge in [-0.3, -0.25) is 0 Å². The highest BCUT2D eigenvalue weighted by Gasteiger charge is 2.07. The molecule has 3 aromatic rings. The summed E-state index contributed by atoms with van der Waals surface area (Å²) in [4.78, 5) is 0. The second-order valence-corrected chi connectivity index (χ2v) is 6.06. The van der Waals surface area contributed by atoms with Crippen LogP contribution in [0.15, 0.2) is 36.4 Å². The van der Waals surface area contributed by atoms with Crippen LogP contribution >= 0.6 is 45.5 Å². The third-order valence-electron chi connectivity index (χ3n) is 2.41. The average Bonchev–Trinajstić information content (AvgIpc) is 2.57. The normalized spacial score (nSPS) is 11.3. The maximum Gasteiger partial charge on any atom is 0.0584 e. The lowest BCUT2D eigenvalue weighted by Crippen LogP contribution is -1.69. The predicted octanol–water partition coefficient (Wildman–Crippen LogP) is 5.31. The van der Waals surface area contributed by atoms with Crippen LogP contribution in [0.1, 0.15) is 0 Å². The fourth-order valence-corrected chi connectivity index (χ4v) is 3.88. The van der Waals surface area contributed by atoms with Gasteiger partial charge in [0, 0.05) is 19.0 Å². The Kier molecular flexibility index (Phi) is 2.38. The van der Waals surface area contributed by atoms with Gasteiger partial charge in [0.1, 0.15) is 0 Å². The number of thiophene rings is 1. The van der Waals surface area contributed by atoms with Crippen LogP contribution in [0.4, 0.5) is 0 Å². The summed E-state index contributed by atoms with van der Waals surface area (Å²) in [6, 6.07) is 12.6. The minimum absolute atomic E-state index is 0.851. The van der Waals surface area contributed by atoms with Gasteiger partial charge in [-0.25, -0.2) is 0 Å². The lowest BCUT2D eigenvalue weighted by molar-refractivity contribution is 1.77. The van der Waals surface area contributed by atoms with E-state index in [2.05, 4.69) is 46.9 Å². The molecule has 1 heterocycles. The summed E-state index contributed by atoms with van der Waals surface area (Å²) in [5, 5.41) is 3.42. The highest BCUT2D eigenvalue weighted by molar-refractivity contribution is 14.1. The summed E-state index contributed by atoms with van der Waals surface area (Å²) >= 11 is 10.3. The van der Waals surface area contributed by atoms with E-state index in [9.17, 15) is 0 Å². The summed E-state index contributed by atoms with van der Waals surface area (Å²) in [6.07, 6.45) is 0. The highest BCUT2D eigenvalue weighted by Crippen LogP contribution is 2.38. The fourth-order valence-electron chi connectivity index (χ4n) is 1.74. The highest BCUT2D eigenvalue weighted by atomic mass is 127. The van der Waals surface area contributed by atoms with Crippen LogP contribution in [0.5, 0.6) is 0 Å². The topological polar surface area (TPSA) is 0 Å². The first kappa shape index (κ1) is 9.87. The minimum Gasteiger partial charge on any atom is -0.134 e. The Bertz CT molecular complexity index is 657. The van der Waals surface area contributed by atoms with E-state index in [1.54, 1.807) is 11.3 Å². The van der Waals surface area contributed by atoms with E-state index in [1.807, 2.05) is 12.1 Å². The Balaban J connectivity index is 2.57. The van der Waals surface area contributed by atoms with Crippen molar-refractivity contribution in [3.8, 4) is 0 Å². The molecule has 1 aromatic heterocycles. The van der Waals surface area contributed by atoms with Crippen LogP contribution < -0.4 is 0 Å². The Labute approximate surface area is 110 Å². The molecule has 0 unspecified atom stereocenters. The average molecular weight is 345 g/mol. The zero-order valence-corrected chi connectivity index (χ0v) is 11.4. The molecule has 0 amide bonds. The lowest BCUT2D eigenvalue weighted by Gasteiger charge is -1.92. The van der Waals surface area contributed by atoms with Crippen molar-refractivity contribution in [2.45, 2.75) is 0 Å². The monoisotopic (exact) mass is 344 g/mol. The smallest absolute Gasteiger partial charge is 0.0584 e. The van der Waals surface area contributed by atoms with Gasteiger partial charge < -0.3 is 0 Å². The molecule has 3 rings (SSSR count). The van der Waals surface area contributed by atoms with Gasteiger partial charge in [-0.15, -0.1) is 11.3 Å². The van der Waals surface area contributed by atoms with Gasteiger partial charge in [0.25, 0.3) is 0 Å². The largest absolute Gasteiger partial charge is 0.134 e. The molecule has 0 aliphatic rings. The van der Waals surface area contributed by atoms with Gasteiger partial charge in [0.05, 0.1) is 9.72 Å². The summed E-state index contributed by atoms with van der Waals surface area (Å²) in [5.74, 6) is 0. The van der Waals surface area contributed by atoms with E-state index < -0.39 is 0 Å². The van der Waals surface area contributed by atoms with E-state index in [-0.39, 0.29) is 0 Å². The third kappa shape index (κ3) is 1.55. The van der Waals surface area contributed by atoms with Gasteiger partial charge in [0.15, 0.2) is 0 Å². The molecular weight excluding hydrogens is 339 g/mol. The molecule has 74 valence electrons. The second-order valence-electron chi connectivity index (χ2n) is 3.36. The quantitative estimate of drug-likeness (QED) is 0.485. The molecule has 0 N–H and O–H groups in total. The third-order valence-corrected chi connectivity index (χ3v) is 4.71. The van der Waals surface area contributed by atoms with Gasteiger partial charge in [-0.05, 0) is 40.8 Å². The van der Waals surface area contributed by atoms with Crippen LogP contribution in [0.3, 0.4) is 0 Å². The van der Waals surface area contributed by atoms with Crippen molar-refractivity contribution in [2.75, 3.05) is 0 Å². The number of hydrogen-bond acceptors (Lipinski definition) is 1. The summed E-state index contributed by atoms with van der Waals surface area (Å²) in [6.45, 7) is 0. The molecule has 0 fully saturated rings. The standard InChI is InChI=1S/C12H6ClIS/c13-10-3-1-2-9-8-5-4-7(14)6-11(8)15-12(9)10/h1-6H. The molecular formula is C12H6ClIS. The summed E-state index contributed by atoms with van der Waals surface area (Å²) < 4.78 is 3.77. The van der Waals surface area contributed by atoms with Crippen LogP contribution in [-0.2, 0) is 0 Å². The first-order valence-electron chi connectivity index (χ1n) is 4.52. The van der Waals surface area contributed by atoms with Crippen LogP contribution in [0.25, 0.3) is 20.2 Å². The summed E-state index contributed by atoms with van der Waals surface area (Å²) in [5.41, 5.74) is 0. The van der Waals surface area contributed by atoms with Crippen molar-refractivity contribution in [1.29, 1.82) is 0 Å². The molecule has 0 saturated carbocycles. The van der Waals surface area contributed by atoms with Crippen LogP contribution in [0.2, 0.25) is 5.02 Å². The van der Waals surface area contributed by atoms with Crippen molar-refractivity contribution >= 4 is 65.7 Å². The van der Waals surface area contributed by atoms with E-state index in [0.29, 0.717) is 0 Å². The predicted molar refractivity (Wildman–Crippen MR) is 77.1 cm³/mol. The number of halogens is 2. The van der Waals surface area contributed by atoms with Crippen molar-refractivity contribution in [1.82, 2.24) is 0 Å². The van der Waals surface area contributed by atoms with Crippen molar-refractivity contribution in [3.05, 3.63) is 45.0 Å². The molecule has 15 heavy (non-hydrogen) atoms.